The molecule has 3 aromatic heterocycles. The van der Waals surface area contributed by atoms with Crippen LogP contribution in [-0.4, -0.2) is 61.5 Å². The molecule has 16 heteroatoms. The molecule has 5 rings (SSSR count). The molecule has 0 radical (unpaired) electrons. The van der Waals surface area contributed by atoms with Gasteiger partial charge in [-0.3, -0.25) is 9.59 Å². The highest BCUT2D eigenvalue weighted by molar-refractivity contribution is 6.29. The number of carbonyl (C=O) groups is 2. The lowest BCUT2D eigenvalue weighted by Crippen LogP contribution is -2.21. The predicted molar refractivity (Wildman–Crippen MR) is 150 cm³/mol. The Balaban J connectivity index is 0.00000148. The highest BCUT2D eigenvalue weighted by Crippen LogP contribution is 2.40. The van der Waals surface area contributed by atoms with Crippen molar-refractivity contribution in [1.29, 1.82) is 0 Å². The van der Waals surface area contributed by atoms with Crippen LogP contribution < -0.4 is 21.1 Å². The molecule has 220 valence electrons. The summed E-state index contributed by atoms with van der Waals surface area (Å²) >= 11 is 6.07. The Morgan fingerprint density at radius 3 is 2.79 bits per heavy atom. The predicted octanol–water partition coefficient (Wildman–Crippen LogP) is 3.37. The summed E-state index contributed by atoms with van der Waals surface area (Å²) in [6.45, 7) is -3.16. The van der Waals surface area contributed by atoms with Gasteiger partial charge in [0.2, 0.25) is 0 Å². The summed E-state index contributed by atoms with van der Waals surface area (Å²) in [5.41, 5.74) is 6.89. The van der Waals surface area contributed by atoms with E-state index in [4.69, 9.17) is 40.8 Å². The fourth-order valence-corrected chi connectivity index (χ4v) is 4.01. The van der Waals surface area contributed by atoms with Crippen LogP contribution in [0.1, 0.15) is 44.7 Å². The van der Waals surface area contributed by atoms with E-state index in [9.17, 15) is 9.18 Å². The Hall–Kier alpha value is -4.89. The lowest BCUT2D eigenvalue weighted by atomic mass is 10.1. The number of carboxylic acid groups (broad SMARTS) is 1. The van der Waals surface area contributed by atoms with E-state index in [1.54, 1.807) is 23.1 Å². The fraction of sp³-hybridized carbons (Fsp3) is 0.269. The van der Waals surface area contributed by atoms with Gasteiger partial charge in [-0.1, -0.05) is 11.6 Å². The minimum atomic E-state index is -2.76. The molecule has 0 aliphatic heterocycles. The topological polar surface area (TPSA) is 192 Å². The molecule has 4 aromatic rings. The Bertz CT molecular complexity index is 1690. The van der Waals surface area contributed by atoms with Crippen LogP contribution in [0.25, 0.3) is 11.4 Å². The number of nitrogens with two attached hydrogens (primary N) is 1. The molecule has 14 nitrogen and oxygen atoms in total. The molecule has 1 fully saturated rings. The number of aromatic nitrogens is 6. The standard InChI is InChI=1S/C25H25ClFN9O3.CH2O2/c1-29-25(37)22-17(9-20(26)33-34-22)31-18-8-13(10-39-11-19-16(27)5-6-21(28)32-19)7-15(23(18)38-2)24-30-12-36(35-24)14-3-4-14;2-1-3/h5-9,12,14H,3-4,10-11H2,1-2H3,(H2,28,32)(H,29,37)(H,31,33);1H,(H,2,3)/i1D3;. The average Bonchev–Trinajstić information content (AvgIpc) is 3.70. The SMILES string of the molecule is O=CO.[2H]C([2H])([2H])NC(=O)c1nnc(Cl)cc1Nc1cc(COCc2nc(N)ccc2F)cc(-c2ncn(C3CC3)n2)c1OC. The van der Waals surface area contributed by atoms with Crippen molar-refractivity contribution in [1.82, 2.24) is 35.3 Å². The zero-order valence-electron chi connectivity index (χ0n) is 25.0. The summed E-state index contributed by atoms with van der Waals surface area (Å²) in [4.78, 5) is 29.5. The maximum absolute atomic E-state index is 14.2. The van der Waals surface area contributed by atoms with E-state index in [1.165, 1.54) is 25.3 Å². The van der Waals surface area contributed by atoms with Gasteiger partial charge in [0.05, 0.1) is 43.3 Å². The second-order valence-corrected chi connectivity index (χ2v) is 9.16. The van der Waals surface area contributed by atoms with Gasteiger partial charge in [0.1, 0.15) is 23.7 Å². The Labute approximate surface area is 248 Å². The molecule has 3 heterocycles. The number of anilines is 3. The van der Waals surface area contributed by atoms with Crippen molar-refractivity contribution in [3.63, 3.8) is 0 Å². The Morgan fingerprint density at radius 2 is 2.07 bits per heavy atom. The third kappa shape index (κ3) is 7.24. The molecule has 1 aliphatic carbocycles. The van der Waals surface area contributed by atoms with Gasteiger partial charge in [-0.25, -0.2) is 19.0 Å². The van der Waals surface area contributed by atoms with Gasteiger partial charge in [0, 0.05) is 17.2 Å². The van der Waals surface area contributed by atoms with Gasteiger partial charge in [0.15, 0.2) is 22.4 Å². The van der Waals surface area contributed by atoms with Crippen LogP contribution in [0.2, 0.25) is 5.15 Å². The highest BCUT2D eigenvalue weighted by Gasteiger charge is 2.26. The van der Waals surface area contributed by atoms with Crippen molar-refractivity contribution in [2.45, 2.75) is 32.1 Å². The largest absolute Gasteiger partial charge is 0.494 e. The quantitative estimate of drug-likeness (QED) is 0.194. The maximum atomic E-state index is 14.2. The molecule has 0 atom stereocenters. The van der Waals surface area contributed by atoms with E-state index < -0.39 is 18.7 Å². The molecule has 0 spiro atoms. The third-order valence-corrected chi connectivity index (χ3v) is 6.02. The Morgan fingerprint density at radius 1 is 1.29 bits per heavy atom. The van der Waals surface area contributed by atoms with E-state index in [0.717, 1.165) is 12.8 Å². The minimum absolute atomic E-state index is 0.00662. The van der Waals surface area contributed by atoms with Crippen LogP contribution >= 0.6 is 11.6 Å². The van der Waals surface area contributed by atoms with Crippen LogP contribution in [0.5, 0.6) is 5.75 Å². The van der Waals surface area contributed by atoms with Gasteiger partial charge in [-0.15, -0.1) is 10.2 Å². The van der Waals surface area contributed by atoms with E-state index in [2.05, 4.69) is 30.6 Å². The number of pyridine rings is 1. The number of rotatable bonds is 10. The highest BCUT2D eigenvalue weighted by atomic mass is 35.5. The van der Waals surface area contributed by atoms with Crippen molar-refractivity contribution in [2.75, 3.05) is 25.1 Å². The van der Waals surface area contributed by atoms with Gasteiger partial charge in [0.25, 0.3) is 12.4 Å². The zero-order chi connectivity index (χ0) is 32.7. The van der Waals surface area contributed by atoms with Crippen molar-refractivity contribution in [2.24, 2.45) is 0 Å². The number of nitrogens with zero attached hydrogens (tertiary/aromatic N) is 6. The van der Waals surface area contributed by atoms with Gasteiger partial charge in [-0.05, 0) is 42.7 Å². The molecule has 1 aliphatic rings. The van der Waals surface area contributed by atoms with Crippen LogP contribution in [0.3, 0.4) is 0 Å². The normalized spacial score (nSPS) is 13.5. The first kappa shape index (κ1) is 26.0. The van der Waals surface area contributed by atoms with Crippen molar-refractivity contribution >= 4 is 41.2 Å². The van der Waals surface area contributed by atoms with E-state index in [0.29, 0.717) is 28.4 Å². The average molecular weight is 603 g/mol. The summed E-state index contributed by atoms with van der Waals surface area (Å²) in [5, 5.41) is 23.8. The van der Waals surface area contributed by atoms with Crippen molar-refractivity contribution < 1.29 is 32.7 Å². The number of amides is 1. The molecule has 42 heavy (non-hydrogen) atoms. The van der Waals surface area contributed by atoms with Gasteiger partial charge in [-0.2, -0.15) is 5.10 Å². The molecular formula is C26H27ClFN9O5. The molecule has 1 aromatic carbocycles. The summed E-state index contributed by atoms with van der Waals surface area (Å²) in [6, 6.07) is 7.60. The smallest absolute Gasteiger partial charge is 0.290 e. The lowest BCUT2D eigenvalue weighted by molar-refractivity contribution is -0.122. The number of ether oxygens (including phenoxy) is 2. The van der Waals surface area contributed by atoms with Gasteiger partial charge < -0.3 is 30.9 Å². The number of hydrogen-bond acceptors (Lipinski definition) is 11. The summed E-state index contributed by atoms with van der Waals surface area (Å²) in [7, 11) is 1.45. The van der Waals surface area contributed by atoms with Crippen molar-refractivity contribution in [3.05, 3.63) is 64.6 Å². The van der Waals surface area contributed by atoms with E-state index >= 15 is 0 Å². The van der Waals surface area contributed by atoms with Crippen LogP contribution in [0.15, 0.2) is 36.7 Å². The summed E-state index contributed by atoms with van der Waals surface area (Å²) in [6.07, 6.45) is 3.65. The molecule has 0 bridgehead atoms. The molecule has 1 saturated carbocycles. The molecule has 0 saturated heterocycles. The maximum Gasteiger partial charge on any atom is 0.290 e. The number of nitrogens with one attached hydrogen (secondary N) is 2. The lowest BCUT2D eigenvalue weighted by Gasteiger charge is -2.17. The summed E-state index contributed by atoms with van der Waals surface area (Å²) < 4.78 is 49.5. The monoisotopic (exact) mass is 602 g/mol. The second-order valence-electron chi connectivity index (χ2n) is 8.77. The number of carbonyl (C=O) groups excluding carboxylic acids is 1. The number of nitrogen functional groups attached to an aromatic ring is 1. The first-order chi connectivity index (χ1) is 21.4. The number of benzene rings is 1. The molecular weight excluding hydrogens is 573 g/mol. The zero-order valence-corrected chi connectivity index (χ0v) is 22.8. The first-order valence-electron chi connectivity index (χ1n) is 13.7. The number of hydrogen-bond donors (Lipinski definition) is 4. The first-order valence-corrected chi connectivity index (χ1v) is 12.6. The van der Waals surface area contributed by atoms with Gasteiger partial charge >= 0.3 is 0 Å². The number of halogens is 2. The number of methoxy groups -OCH3 is 1. The van der Waals surface area contributed by atoms with Crippen molar-refractivity contribution in [3.8, 4) is 17.1 Å². The fourth-order valence-electron chi connectivity index (χ4n) is 3.87. The molecule has 5 N–H and O–H groups in total. The van der Waals surface area contributed by atoms with E-state index in [1.807, 2.05) is 5.32 Å². The van der Waals surface area contributed by atoms with Crippen LogP contribution in [0, 0.1) is 5.82 Å². The minimum Gasteiger partial charge on any atom is -0.494 e. The third-order valence-electron chi connectivity index (χ3n) is 5.83. The summed E-state index contributed by atoms with van der Waals surface area (Å²) in [5.74, 6) is -0.707. The van der Waals surface area contributed by atoms with E-state index in [-0.39, 0.29) is 53.8 Å². The molecule has 1 amide bonds. The second kappa shape index (κ2) is 13.6. The Kier molecular flexibility index (Phi) is 8.46. The van der Waals surface area contributed by atoms with Crippen LogP contribution in [-0.2, 0) is 22.7 Å². The molecule has 0 unspecified atom stereocenters. The van der Waals surface area contributed by atoms with Crippen LogP contribution in [0.4, 0.5) is 21.6 Å².